The number of amides is 3. The fourth-order valence-corrected chi connectivity index (χ4v) is 6.82. The van der Waals surface area contributed by atoms with Gasteiger partial charge in [0.05, 0.1) is 34.7 Å². The molecule has 2 saturated carbocycles. The van der Waals surface area contributed by atoms with Crippen molar-refractivity contribution in [1.82, 2.24) is 30.0 Å². The second-order valence-electron chi connectivity index (χ2n) is 12.3. The fraction of sp³-hybridized carbons (Fsp3) is 0.394. The van der Waals surface area contributed by atoms with Gasteiger partial charge < -0.3 is 4.90 Å². The van der Waals surface area contributed by atoms with Crippen molar-refractivity contribution < 1.29 is 14.4 Å². The van der Waals surface area contributed by atoms with Gasteiger partial charge in [0.1, 0.15) is 6.04 Å². The smallest absolute Gasteiger partial charge is 0.255 e. The van der Waals surface area contributed by atoms with Gasteiger partial charge in [0.25, 0.3) is 5.91 Å². The molecule has 2 aliphatic carbocycles. The number of aryl methyl sites for hydroxylation is 1. The van der Waals surface area contributed by atoms with E-state index in [0.29, 0.717) is 36.4 Å². The van der Waals surface area contributed by atoms with Crippen LogP contribution in [0.4, 0.5) is 0 Å². The van der Waals surface area contributed by atoms with E-state index in [1.54, 1.807) is 4.90 Å². The molecule has 0 radical (unpaired) electrons. The third kappa shape index (κ3) is 4.47. The monoisotopic (exact) mass is 560 g/mol. The van der Waals surface area contributed by atoms with Gasteiger partial charge in [-0.3, -0.25) is 29.4 Å². The highest BCUT2D eigenvalue weighted by atomic mass is 16.2. The van der Waals surface area contributed by atoms with Gasteiger partial charge in [-0.1, -0.05) is 24.3 Å². The predicted molar refractivity (Wildman–Crippen MR) is 155 cm³/mol. The van der Waals surface area contributed by atoms with E-state index in [0.717, 1.165) is 64.8 Å². The van der Waals surface area contributed by atoms with Crippen LogP contribution in [0, 0.1) is 5.92 Å². The summed E-state index contributed by atoms with van der Waals surface area (Å²) >= 11 is 0. The van der Waals surface area contributed by atoms with Crippen molar-refractivity contribution in [3.8, 4) is 11.3 Å². The van der Waals surface area contributed by atoms with Crippen LogP contribution in [-0.2, 0) is 22.6 Å². The summed E-state index contributed by atoms with van der Waals surface area (Å²) in [6.45, 7) is 0.421. The SMILES string of the molecule is O=C1CCC(N2Cc3ccc(CC[C@H]4C[C@H](n5cc(-c6cnc7ccccc7n6)c(C6CC6)n5)C4)cc3C2=O)C(=O)N1. The first-order valence-electron chi connectivity index (χ1n) is 15.1. The molecular weight excluding hydrogens is 528 g/mol. The Bertz CT molecular complexity index is 1750. The molecule has 3 amide bonds. The van der Waals surface area contributed by atoms with E-state index < -0.39 is 6.04 Å². The number of piperidine rings is 1. The van der Waals surface area contributed by atoms with Crippen LogP contribution in [0.3, 0.4) is 0 Å². The summed E-state index contributed by atoms with van der Waals surface area (Å²) in [5.41, 5.74) is 7.80. The molecule has 42 heavy (non-hydrogen) atoms. The highest BCUT2D eigenvalue weighted by molar-refractivity contribution is 6.05. The molecule has 3 fully saturated rings. The van der Waals surface area contributed by atoms with Crippen LogP contribution in [0.5, 0.6) is 0 Å². The van der Waals surface area contributed by atoms with Gasteiger partial charge in [-0.05, 0) is 80.2 Å². The van der Waals surface area contributed by atoms with E-state index in [-0.39, 0.29) is 24.1 Å². The van der Waals surface area contributed by atoms with Crippen molar-refractivity contribution in [2.75, 3.05) is 0 Å². The third-order valence-electron chi connectivity index (χ3n) is 9.47. The maximum absolute atomic E-state index is 13.2. The molecular formula is C33H32N6O3. The molecule has 0 spiro atoms. The molecule has 4 aliphatic rings. The molecule has 4 aromatic rings. The first kappa shape index (κ1) is 25.3. The lowest BCUT2D eigenvalue weighted by Gasteiger charge is -2.35. The van der Waals surface area contributed by atoms with Crippen molar-refractivity contribution in [3.05, 3.63) is 77.2 Å². The summed E-state index contributed by atoms with van der Waals surface area (Å²) in [6, 6.07) is 14.0. The molecule has 1 atom stereocenters. The molecule has 1 N–H and O–H groups in total. The highest BCUT2D eigenvalue weighted by Gasteiger charge is 2.39. The molecule has 2 aliphatic heterocycles. The van der Waals surface area contributed by atoms with Gasteiger partial charge in [-0.25, -0.2) is 4.98 Å². The Morgan fingerprint density at radius 2 is 1.79 bits per heavy atom. The van der Waals surface area contributed by atoms with Gasteiger partial charge in [0, 0.05) is 36.2 Å². The third-order valence-corrected chi connectivity index (χ3v) is 9.47. The zero-order valence-electron chi connectivity index (χ0n) is 23.3. The second-order valence-corrected chi connectivity index (χ2v) is 12.3. The van der Waals surface area contributed by atoms with Crippen LogP contribution < -0.4 is 5.32 Å². The number of nitrogens with one attached hydrogen (secondary N) is 1. The summed E-state index contributed by atoms with van der Waals surface area (Å²) in [4.78, 5) is 48.2. The molecule has 0 bridgehead atoms. The lowest BCUT2D eigenvalue weighted by molar-refractivity contribution is -0.136. The molecule has 4 heterocycles. The number of imide groups is 1. The fourth-order valence-electron chi connectivity index (χ4n) is 6.82. The molecule has 1 saturated heterocycles. The van der Waals surface area contributed by atoms with E-state index >= 15 is 0 Å². The van der Waals surface area contributed by atoms with Crippen LogP contribution in [0.15, 0.2) is 54.9 Å². The molecule has 2 aromatic heterocycles. The number of rotatable bonds is 7. The number of benzene rings is 2. The van der Waals surface area contributed by atoms with Crippen LogP contribution in [0.25, 0.3) is 22.3 Å². The van der Waals surface area contributed by atoms with Gasteiger partial charge in [0.15, 0.2) is 0 Å². The summed E-state index contributed by atoms with van der Waals surface area (Å²) in [6.07, 6.45) is 11.3. The average molecular weight is 561 g/mol. The first-order chi connectivity index (χ1) is 20.5. The molecule has 9 nitrogen and oxygen atoms in total. The zero-order chi connectivity index (χ0) is 28.4. The number of carbonyl (C=O) groups excluding carboxylic acids is 3. The van der Waals surface area contributed by atoms with E-state index in [9.17, 15) is 14.4 Å². The summed E-state index contributed by atoms with van der Waals surface area (Å²) in [7, 11) is 0. The normalized spacial score (nSPS) is 23.7. The summed E-state index contributed by atoms with van der Waals surface area (Å²) < 4.78 is 2.17. The number of nitrogens with zero attached hydrogens (tertiary/aromatic N) is 5. The second kappa shape index (κ2) is 9.86. The number of aromatic nitrogens is 4. The summed E-state index contributed by atoms with van der Waals surface area (Å²) in [5.74, 6) is 0.403. The molecule has 1 unspecified atom stereocenters. The molecule has 212 valence electrons. The van der Waals surface area contributed by atoms with Crippen LogP contribution in [0.2, 0.25) is 0 Å². The number of fused-ring (bicyclic) bond motifs is 2. The Labute approximate surface area is 243 Å². The van der Waals surface area contributed by atoms with Crippen LogP contribution in [-0.4, -0.2) is 48.4 Å². The number of hydrogen-bond acceptors (Lipinski definition) is 6. The topological polar surface area (TPSA) is 110 Å². The van der Waals surface area contributed by atoms with E-state index in [1.807, 2.05) is 42.6 Å². The Balaban J connectivity index is 0.910. The number of para-hydroxylation sites is 2. The van der Waals surface area contributed by atoms with E-state index in [4.69, 9.17) is 10.1 Å². The quantitative estimate of drug-likeness (QED) is 0.328. The lowest BCUT2D eigenvalue weighted by atomic mass is 9.77. The molecule has 9 heteroatoms. The summed E-state index contributed by atoms with van der Waals surface area (Å²) in [5, 5.41) is 7.44. The molecule has 2 aromatic carbocycles. The van der Waals surface area contributed by atoms with Gasteiger partial charge >= 0.3 is 0 Å². The first-order valence-corrected chi connectivity index (χ1v) is 15.1. The highest BCUT2D eigenvalue weighted by Crippen LogP contribution is 2.46. The Morgan fingerprint density at radius 3 is 2.60 bits per heavy atom. The van der Waals surface area contributed by atoms with Crippen molar-refractivity contribution >= 4 is 28.8 Å². The Kier molecular flexibility index (Phi) is 5.94. The van der Waals surface area contributed by atoms with E-state index in [2.05, 4.69) is 27.2 Å². The van der Waals surface area contributed by atoms with Gasteiger partial charge in [-0.2, -0.15) is 5.10 Å². The standard InChI is InChI=1S/C33H32N6O3/c40-30-12-11-29(32(41)36-30)38-17-22-8-7-19(15-24(22)33(38)42)5-6-20-13-23(14-20)39-18-25(31(37-39)21-9-10-21)28-16-34-26-3-1-2-4-27(26)35-28/h1-4,7-8,15-16,18,20-21,23,29H,5-6,9-14,17H2,(H,36,40,41)/t20-,23-,29?. The number of hydrogen-bond donors (Lipinski definition) is 1. The van der Waals surface area contributed by atoms with Crippen molar-refractivity contribution in [2.24, 2.45) is 5.92 Å². The van der Waals surface area contributed by atoms with Crippen molar-refractivity contribution in [1.29, 1.82) is 0 Å². The van der Waals surface area contributed by atoms with Crippen molar-refractivity contribution in [2.45, 2.75) is 75.9 Å². The van der Waals surface area contributed by atoms with Gasteiger partial charge in [-0.15, -0.1) is 0 Å². The maximum atomic E-state index is 13.2. The number of carbonyl (C=O) groups is 3. The average Bonchev–Trinajstić information content (AvgIpc) is 3.65. The Morgan fingerprint density at radius 1 is 0.952 bits per heavy atom. The van der Waals surface area contributed by atoms with Crippen LogP contribution >= 0.6 is 0 Å². The maximum Gasteiger partial charge on any atom is 0.255 e. The largest absolute Gasteiger partial charge is 0.322 e. The Hall–Kier alpha value is -4.40. The zero-order valence-corrected chi connectivity index (χ0v) is 23.3. The van der Waals surface area contributed by atoms with Crippen LogP contribution in [0.1, 0.15) is 84.1 Å². The minimum absolute atomic E-state index is 0.109. The van der Waals surface area contributed by atoms with Crippen molar-refractivity contribution in [3.63, 3.8) is 0 Å². The van der Waals surface area contributed by atoms with E-state index in [1.165, 1.54) is 12.8 Å². The molecule has 8 rings (SSSR count). The lowest BCUT2D eigenvalue weighted by Crippen LogP contribution is -2.52. The predicted octanol–water partition coefficient (Wildman–Crippen LogP) is 4.72. The van der Waals surface area contributed by atoms with Gasteiger partial charge in [0.2, 0.25) is 11.8 Å². The minimum Gasteiger partial charge on any atom is -0.322 e. The minimum atomic E-state index is -0.575.